The fourth-order valence-electron chi connectivity index (χ4n) is 3.86. The number of aryl methyl sites for hydroxylation is 3. The molecule has 7 nitrogen and oxygen atoms in total. The molecule has 0 radical (unpaired) electrons. The predicted molar refractivity (Wildman–Crippen MR) is 139 cm³/mol. The highest BCUT2D eigenvalue weighted by molar-refractivity contribution is 6.01. The molecule has 0 fully saturated rings. The fourth-order valence-corrected chi connectivity index (χ4v) is 3.86. The summed E-state index contributed by atoms with van der Waals surface area (Å²) in [6.45, 7) is 6.07. The molecule has 0 saturated heterocycles. The van der Waals surface area contributed by atoms with E-state index in [1.807, 2.05) is 75.4 Å². The van der Waals surface area contributed by atoms with Crippen LogP contribution in [0.3, 0.4) is 0 Å². The van der Waals surface area contributed by atoms with E-state index in [2.05, 4.69) is 10.3 Å². The number of amides is 1. The van der Waals surface area contributed by atoms with Gasteiger partial charge in [-0.3, -0.25) is 14.0 Å². The molecule has 7 heteroatoms. The standard InChI is InChI=1S/C29H26N4O3/c1-19-11-12-25(21(3)16-19)36-28-24(29(35)33-15-7-8-20(2)26(33)32-28)17-23(18-30)27(34)31-14-13-22-9-5-4-6-10-22/h4-12,15-17H,13-14H2,1-3H3,(H,31,34). The third-order valence-corrected chi connectivity index (χ3v) is 5.78. The van der Waals surface area contributed by atoms with Crippen molar-refractivity contribution in [1.29, 1.82) is 5.26 Å². The van der Waals surface area contributed by atoms with Gasteiger partial charge in [-0.1, -0.05) is 54.1 Å². The Bertz CT molecular complexity index is 1560. The van der Waals surface area contributed by atoms with E-state index in [0.29, 0.717) is 24.4 Å². The Labute approximate surface area is 209 Å². The fraction of sp³-hybridized carbons (Fsp3) is 0.172. The lowest BCUT2D eigenvalue weighted by molar-refractivity contribution is -0.117. The number of aromatic nitrogens is 2. The number of carbonyl (C=O) groups is 1. The summed E-state index contributed by atoms with van der Waals surface area (Å²) in [4.78, 5) is 30.8. The zero-order chi connectivity index (χ0) is 25.7. The first-order chi connectivity index (χ1) is 17.4. The van der Waals surface area contributed by atoms with E-state index in [4.69, 9.17) is 4.74 Å². The molecule has 36 heavy (non-hydrogen) atoms. The van der Waals surface area contributed by atoms with Gasteiger partial charge in [-0.2, -0.15) is 10.2 Å². The third kappa shape index (κ3) is 5.34. The Morgan fingerprint density at radius 3 is 2.58 bits per heavy atom. The number of hydrogen-bond acceptors (Lipinski definition) is 5. The van der Waals surface area contributed by atoms with Crippen LogP contribution >= 0.6 is 0 Å². The Morgan fingerprint density at radius 2 is 1.86 bits per heavy atom. The summed E-state index contributed by atoms with van der Waals surface area (Å²) in [5.41, 5.74) is 3.61. The number of rotatable bonds is 7. The van der Waals surface area contributed by atoms with Crippen molar-refractivity contribution >= 4 is 17.6 Å². The first kappa shape index (κ1) is 24.4. The Hall–Kier alpha value is -4.70. The number of benzene rings is 2. The topological polar surface area (TPSA) is 96.5 Å². The number of nitrogens with zero attached hydrogens (tertiary/aromatic N) is 3. The Kier molecular flexibility index (Phi) is 7.26. The zero-order valence-electron chi connectivity index (χ0n) is 20.4. The minimum absolute atomic E-state index is 0.0211. The van der Waals surface area contributed by atoms with Crippen LogP contribution in [0.2, 0.25) is 0 Å². The van der Waals surface area contributed by atoms with Crippen LogP contribution in [0.25, 0.3) is 11.7 Å². The van der Waals surface area contributed by atoms with E-state index in [1.54, 1.807) is 18.3 Å². The first-order valence-electron chi connectivity index (χ1n) is 11.6. The van der Waals surface area contributed by atoms with Gasteiger partial charge in [0, 0.05) is 12.7 Å². The molecule has 0 saturated carbocycles. The second kappa shape index (κ2) is 10.7. The second-order valence-corrected chi connectivity index (χ2v) is 8.55. The normalized spacial score (nSPS) is 11.2. The highest BCUT2D eigenvalue weighted by atomic mass is 16.5. The van der Waals surface area contributed by atoms with Crippen molar-refractivity contribution in [3.63, 3.8) is 0 Å². The maximum atomic E-state index is 13.5. The molecule has 4 aromatic rings. The van der Waals surface area contributed by atoms with E-state index in [-0.39, 0.29) is 17.0 Å². The molecule has 2 aromatic carbocycles. The lowest BCUT2D eigenvalue weighted by atomic mass is 10.1. The van der Waals surface area contributed by atoms with Gasteiger partial charge in [-0.15, -0.1) is 0 Å². The van der Waals surface area contributed by atoms with Crippen LogP contribution in [0.5, 0.6) is 11.6 Å². The Balaban J connectivity index is 1.72. The van der Waals surface area contributed by atoms with Crippen molar-refractivity contribution in [2.45, 2.75) is 27.2 Å². The lowest BCUT2D eigenvalue weighted by Gasteiger charge is -2.13. The Morgan fingerprint density at radius 1 is 1.08 bits per heavy atom. The molecule has 0 aliphatic rings. The smallest absolute Gasteiger partial charge is 0.269 e. The number of carbonyl (C=O) groups excluding carboxylic acids is 1. The summed E-state index contributed by atoms with van der Waals surface area (Å²) in [5, 5.41) is 12.5. The summed E-state index contributed by atoms with van der Waals surface area (Å²) in [6, 6.07) is 20.9. The van der Waals surface area contributed by atoms with Gasteiger partial charge in [0.2, 0.25) is 5.88 Å². The minimum Gasteiger partial charge on any atom is -0.438 e. The van der Waals surface area contributed by atoms with Gasteiger partial charge in [-0.25, -0.2) is 0 Å². The maximum absolute atomic E-state index is 13.5. The summed E-state index contributed by atoms with van der Waals surface area (Å²) in [7, 11) is 0. The molecule has 180 valence electrons. The average molecular weight is 479 g/mol. The van der Waals surface area contributed by atoms with Crippen molar-refractivity contribution in [2.75, 3.05) is 6.54 Å². The van der Waals surface area contributed by atoms with Gasteiger partial charge in [0.15, 0.2) is 0 Å². The summed E-state index contributed by atoms with van der Waals surface area (Å²) >= 11 is 0. The molecule has 1 amide bonds. The zero-order valence-corrected chi connectivity index (χ0v) is 20.4. The van der Waals surface area contributed by atoms with Crippen LogP contribution in [0.4, 0.5) is 0 Å². The molecular weight excluding hydrogens is 452 g/mol. The van der Waals surface area contributed by atoms with E-state index in [9.17, 15) is 14.9 Å². The molecule has 0 bridgehead atoms. The number of ether oxygens (including phenoxy) is 1. The van der Waals surface area contributed by atoms with E-state index in [1.165, 1.54) is 10.5 Å². The van der Waals surface area contributed by atoms with Crippen LogP contribution < -0.4 is 15.6 Å². The van der Waals surface area contributed by atoms with Gasteiger partial charge in [-0.05, 0) is 62.1 Å². The third-order valence-electron chi connectivity index (χ3n) is 5.78. The molecule has 0 unspecified atom stereocenters. The van der Waals surface area contributed by atoms with Crippen molar-refractivity contribution in [1.82, 2.24) is 14.7 Å². The number of nitriles is 1. The first-order valence-corrected chi connectivity index (χ1v) is 11.6. The molecule has 2 heterocycles. The van der Waals surface area contributed by atoms with Crippen LogP contribution in [-0.2, 0) is 11.2 Å². The minimum atomic E-state index is -0.570. The number of fused-ring (bicyclic) bond motifs is 1. The monoisotopic (exact) mass is 478 g/mol. The molecule has 2 aromatic heterocycles. The van der Waals surface area contributed by atoms with Crippen LogP contribution in [-0.4, -0.2) is 21.8 Å². The van der Waals surface area contributed by atoms with E-state index < -0.39 is 11.5 Å². The number of hydrogen-bond donors (Lipinski definition) is 1. The molecular formula is C29H26N4O3. The van der Waals surface area contributed by atoms with Gasteiger partial charge in [0.05, 0.1) is 0 Å². The van der Waals surface area contributed by atoms with Gasteiger partial charge < -0.3 is 10.1 Å². The SMILES string of the molecule is Cc1ccc(Oc2nc3c(C)cccn3c(=O)c2C=C(C#N)C(=O)NCCc2ccccc2)c(C)c1. The number of pyridine rings is 1. The lowest BCUT2D eigenvalue weighted by Crippen LogP contribution is -2.27. The quantitative estimate of drug-likeness (QED) is 0.307. The van der Waals surface area contributed by atoms with Gasteiger partial charge in [0.25, 0.3) is 11.5 Å². The summed E-state index contributed by atoms with van der Waals surface area (Å²) in [6.07, 6.45) is 3.47. The van der Waals surface area contributed by atoms with E-state index >= 15 is 0 Å². The highest BCUT2D eigenvalue weighted by Gasteiger charge is 2.18. The van der Waals surface area contributed by atoms with Gasteiger partial charge in [0.1, 0.15) is 28.6 Å². The van der Waals surface area contributed by atoms with E-state index in [0.717, 1.165) is 22.3 Å². The predicted octanol–water partition coefficient (Wildman–Crippen LogP) is 4.68. The summed E-state index contributed by atoms with van der Waals surface area (Å²) in [5.74, 6) is -0.00312. The molecule has 0 aliphatic heterocycles. The second-order valence-electron chi connectivity index (χ2n) is 8.55. The van der Waals surface area contributed by atoms with Crippen molar-refractivity contribution < 1.29 is 9.53 Å². The largest absolute Gasteiger partial charge is 0.438 e. The van der Waals surface area contributed by atoms with Crippen molar-refractivity contribution in [2.24, 2.45) is 0 Å². The molecule has 4 rings (SSSR count). The van der Waals surface area contributed by atoms with Crippen molar-refractivity contribution in [3.8, 4) is 17.7 Å². The van der Waals surface area contributed by atoms with Crippen LogP contribution in [0.15, 0.2) is 77.2 Å². The van der Waals surface area contributed by atoms with Crippen LogP contribution in [0.1, 0.15) is 27.8 Å². The van der Waals surface area contributed by atoms with Gasteiger partial charge >= 0.3 is 0 Å². The number of nitrogens with one attached hydrogen (secondary N) is 1. The molecule has 0 aliphatic carbocycles. The van der Waals surface area contributed by atoms with Crippen molar-refractivity contribution in [3.05, 3.63) is 111 Å². The average Bonchev–Trinajstić information content (AvgIpc) is 2.87. The molecule has 0 atom stereocenters. The highest BCUT2D eigenvalue weighted by Crippen LogP contribution is 2.28. The molecule has 1 N–H and O–H groups in total. The maximum Gasteiger partial charge on any atom is 0.269 e. The summed E-state index contributed by atoms with van der Waals surface area (Å²) < 4.78 is 7.48. The molecule has 0 spiro atoms. The van der Waals surface area contributed by atoms with Crippen LogP contribution in [0, 0.1) is 32.1 Å².